The number of fused-ring (bicyclic) bond motifs is 1. The first-order valence-electron chi connectivity index (χ1n) is 6.60. The molecular formula is C13H18N2O3. The highest BCUT2D eigenvalue weighted by molar-refractivity contribution is 6.05. The molecule has 3 atom stereocenters. The number of carbonyl (C=O) groups excluding carboxylic acids is 2. The minimum atomic E-state index is -0.126. The molecule has 0 aromatic rings. The molecule has 1 N–H and O–H groups in total. The molecule has 0 aromatic carbocycles. The molecule has 1 unspecified atom stereocenters. The monoisotopic (exact) mass is 250 g/mol. The summed E-state index contributed by atoms with van der Waals surface area (Å²) in [5, 5.41) is 3.21. The average Bonchev–Trinajstić information content (AvgIpc) is 2.66. The van der Waals surface area contributed by atoms with Crippen LogP contribution in [0.5, 0.6) is 0 Å². The van der Waals surface area contributed by atoms with Crippen molar-refractivity contribution in [2.45, 2.75) is 18.9 Å². The lowest BCUT2D eigenvalue weighted by Crippen LogP contribution is -2.47. The van der Waals surface area contributed by atoms with Gasteiger partial charge in [0.1, 0.15) is 0 Å². The summed E-state index contributed by atoms with van der Waals surface area (Å²) in [5.74, 6) is -0.273. The third-order valence-electron chi connectivity index (χ3n) is 3.99. The summed E-state index contributed by atoms with van der Waals surface area (Å²) < 4.78 is 5.57. The van der Waals surface area contributed by atoms with Gasteiger partial charge in [0, 0.05) is 13.1 Å². The molecule has 3 aliphatic rings. The highest BCUT2D eigenvalue weighted by atomic mass is 16.5. The molecule has 2 amide bonds. The Balaban J connectivity index is 1.69. The van der Waals surface area contributed by atoms with E-state index in [0.29, 0.717) is 32.5 Å². The van der Waals surface area contributed by atoms with E-state index in [1.165, 1.54) is 4.90 Å². The van der Waals surface area contributed by atoms with Gasteiger partial charge in [0.2, 0.25) is 11.8 Å². The van der Waals surface area contributed by atoms with Crippen LogP contribution in [0, 0.1) is 11.8 Å². The average molecular weight is 250 g/mol. The normalized spacial score (nSPS) is 36.0. The predicted octanol–water partition coefficient (Wildman–Crippen LogP) is -0.0740. The van der Waals surface area contributed by atoms with Crippen molar-refractivity contribution >= 4 is 11.8 Å². The lowest BCUT2D eigenvalue weighted by Gasteiger charge is -2.27. The molecule has 5 heteroatoms. The zero-order valence-electron chi connectivity index (χ0n) is 10.3. The Morgan fingerprint density at radius 2 is 1.89 bits per heavy atom. The third kappa shape index (κ3) is 1.97. The summed E-state index contributed by atoms with van der Waals surface area (Å²) in [6.07, 6.45) is 5.37. The number of nitrogens with one attached hydrogen (secondary N) is 1. The van der Waals surface area contributed by atoms with Crippen molar-refractivity contribution in [3.05, 3.63) is 12.2 Å². The number of hydrogen-bond donors (Lipinski definition) is 1. The van der Waals surface area contributed by atoms with Crippen molar-refractivity contribution in [2.24, 2.45) is 11.8 Å². The Morgan fingerprint density at radius 3 is 2.44 bits per heavy atom. The topological polar surface area (TPSA) is 58.6 Å². The van der Waals surface area contributed by atoms with E-state index in [9.17, 15) is 9.59 Å². The molecule has 0 spiro atoms. The SMILES string of the molecule is O=C1[C@H]2CC=CC[C@H]2C(=O)N1CC1CNCCO1. The minimum Gasteiger partial charge on any atom is -0.374 e. The van der Waals surface area contributed by atoms with Gasteiger partial charge in [0.15, 0.2) is 0 Å². The van der Waals surface area contributed by atoms with E-state index in [2.05, 4.69) is 5.32 Å². The van der Waals surface area contributed by atoms with Crippen LogP contribution in [0.1, 0.15) is 12.8 Å². The van der Waals surface area contributed by atoms with E-state index >= 15 is 0 Å². The van der Waals surface area contributed by atoms with Crippen LogP contribution in [0.15, 0.2) is 12.2 Å². The number of carbonyl (C=O) groups is 2. The second-order valence-corrected chi connectivity index (χ2v) is 5.14. The summed E-state index contributed by atoms with van der Waals surface area (Å²) in [7, 11) is 0. The number of ether oxygens (including phenoxy) is 1. The molecule has 2 heterocycles. The Bertz CT molecular complexity index is 362. The van der Waals surface area contributed by atoms with Crippen LogP contribution in [0.25, 0.3) is 0 Å². The summed E-state index contributed by atoms with van der Waals surface area (Å²) in [6.45, 7) is 2.60. The maximum Gasteiger partial charge on any atom is 0.233 e. The van der Waals surface area contributed by atoms with Crippen molar-refractivity contribution in [1.82, 2.24) is 10.2 Å². The maximum absolute atomic E-state index is 12.2. The van der Waals surface area contributed by atoms with Gasteiger partial charge in [-0.05, 0) is 12.8 Å². The third-order valence-corrected chi connectivity index (χ3v) is 3.99. The predicted molar refractivity (Wildman–Crippen MR) is 64.7 cm³/mol. The summed E-state index contributed by atoms with van der Waals surface area (Å²) in [6, 6.07) is 0. The highest BCUT2D eigenvalue weighted by Crippen LogP contribution is 2.35. The number of amides is 2. The van der Waals surface area contributed by atoms with E-state index in [1.807, 2.05) is 12.2 Å². The Labute approximate surface area is 106 Å². The molecule has 0 radical (unpaired) electrons. The first kappa shape index (κ1) is 11.9. The first-order valence-corrected chi connectivity index (χ1v) is 6.60. The second-order valence-electron chi connectivity index (χ2n) is 5.14. The standard InChI is InChI=1S/C13H18N2O3/c16-12-10-3-1-2-4-11(10)13(17)15(12)8-9-7-14-5-6-18-9/h1-2,9-11,14H,3-8H2/t9?,10-,11+. The van der Waals surface area contributed by atoms with Gasteiger partial charge in [0.05, 0.1) is 31.1 Å². The molecule has 5 nitrogen and oxygen atoms in total. The van der Waals surface area contributed by atoms with Crippen molar-refractivity contribution in [1.29, 1.82) is 0 Å². The van der Waals surface area contributed by atoms with Gasteiger partial charge in [-0.1, -0.05) is 12.2 Å². The van der Waals surface area contributed by atoms with Gasteiger partial charge >= 0.3 is 0 Å². The molecule has 0 saturated carbocycles. The van der Waals surface area contributed by atoms with E-state index in [1.54, 1.807) is 0 Å². The molecule has 2 fully saturated rings. The molecule has 2 aliphatic heterocycles. The number of allylic oxidation sites excluding steroid dienone is 2. The molecule has 3 rings (SSSR count). The fourth-order valence-corrected chi connectivity index (χ4v) is 2.99. The fourth-order valence-electron chi connectivity index (χ4n) is 2.99. The quantitative estimate of drug-likeness (QED) is 0.550. The van der Waals surface area contributed by atoms with Gasteiger partial charge in [-0.3, -0.25) is 14.5 Å². The van der Waals surface area contributed by atoms with Crippen LogP contribution in [0.2, 0.25) is 0 Å². The van der Waals surface area contributed by atoms with Crippen molar-refractivity contribution in [3.8, 4) is 0 Å². The van der Waals surface area contributed by atoms with Crippen LogP contribution in [0.3, 0.4) is 0 Å². The van der Waals surface area contributed by atoms with E-state index < -0.39 is 0 Å². The number of likely N-dealkylation sites (tertiary alicyclic amines) is 1. The van der Waals surface area contributed by atoms with Gasteiger partial charge in [-0.15, -0.1) is 0 Å². The molecule has 0 bridgehead atoms. The molecule has 98 valence electrons. The Kier molecular flexibility index (Phi) is 3.18. The van der Waals surface area contributed by atoms with Crippen LogP contribution >= 0.6 is 0 Å². The summed E-state index contributed by atoms with van der Waals surface area (Å²) in [4.78, 5) is 25.9. The lowest BCUT2D eigenvalue weighted by atomic mass is 9.85. The highest BCUT2D eigenvalue weighted by Gasteiger charge is 2.47. The van der Waals surface area contributed by atoms with Crippen LogP contribution in [-0.4, -0.2) is 49.1 Å². The van der Waals surface area contributed by atoms with Crippen molar-refractivity contribution in [2.75, 3.05) is 26.2 Å². The number of rotatable bonds is 2. The number of imide groups is 1. The molecule has 0 aromatic heterocycles. The fraction of sp³-hybridized carbons (Fsp3) is 0.692. The lowest BCUT2D eigenvalue weighted by molar-refractivity contribution is -0.142. The second kappa shape index (κ2) is 4.82. The van der Waals surface area contributed by atoms with E-state index in [4.69, 9.17) is 4.74 Å². The van der Waals surface area contributed by atoms with Crippen molar-refractivity contribution < 1.29 is 14.3 Å². The smallest absolute Gasteiger partial charge is 0.233 e. The van der Waals surface area contributed by atoms with Crippen LogP contribution in [-0.2, 0) is 14.3 Å². The van der Waals surface area contributed by atoms with Crippen LogP contribution in [0.4, 0.5) is 0 Å². The molecular weight excluding hydrogens is 232 g/mol. The maximum atomic E-state index is 12.2. The Morgan fingerprint density at radius 1 is 1.22 bits per heavy atom. The van der Waals surface area contributed by atoms with Crippen LogP contribution < -0.4 is 5.32 Å². The number of hydrogen-bond acceptors (Lipinski definition) is 4. The number of morpholine rings is 1. The zero-order valence-corrected chi connectivity index (χ0v) is 10.3. The van der Waals surface area contributed by atoms with Gasteiger partial charge in [-0.2, -0.15) is 0 Å². The summed E-state index contributed by atoms with van der Waals surface area (Å²) >= 11 is 0. The van der Waals surface area contributed by atoms with Gasteiger partial charge < -0.3 is 10.1 Å². The summed E-state index contributed by atoms with van der Waals surface area (Å²) in [5.41, 5.74) is 0. The molecule has 18 heavy (non-hydrogen) atoms. The molecule has 2 saturated heterocycles. The van der Waals surface area contributed by atoms with Gasteiger partial charge in [0.25, 0.3) is 0 Å². The first-order chi connectivity index (χ1) is 8.77. The van der Waals surface area contributed by atoms with E-state index in [-0.39, 0.29) is 29.8 Å². The zero-order chi connectivity index (χ0) is 12.5. The Hall–Kier alpha value is -1.20. The van der Waals surface area contributed by atoms with Crippen molar-refractivity contribution in [3.63, 3.8) is 0 Å². The van der Waals surface area contributed by atoms with Gasteiger partial charge in [-0.25, -0.2) is 0 Å². The van der Waals surface area contributed by atoms with E-state index in [0.717, 1.165) is 6.54 Å². The molecule has 1 aliphatic carbocycles. The number of nitrogens with zero attached hydrogens (tertiary/aromatic N) is 1. The largest absolute Gasteiger partial charge is 0.374 e. The minimum absolute atomic E-state index is 0.0106.